The molecule has 0 unspecified atom stereocenters. The third-order valence-corrected chi connectivity index (χ3v) is 8.69. The second-order valence-corrected chi connectivity index (χ2v) is 11.4. The molecule has 2 aromatic heterocycles. The molecule has 1 N–H and O–H groups in total. The Morgan fingerprint density at radius 1 is 0.867 bits per heavy atom. The van der Waals surface area contributed by atoms with E-state index in [1.165, 1.54) is 12.5 Å². The molecule has 0 bridgehead atoms. The number of rotatable bonds is 7. The quantitative estimate of drug-likeness (QED) is 0.144. The van der Waals surface area contributed by atoms with Crippen molar-refractivity contribution in [1.82, 2.24) is 14.5 Å². The number of nitrogens with zero attached hydrogens (tertiary/aromatic N) is 4. The maximum atomic E-state index is 11.7. The van der Waals surface area contributed by atoms with Crippen LogP contribution in [0.15, 0.2) is 91.0 Å². The normalized spacial score (nSPS) is 13.7. The lowest BCUT2D eigenvalue weighted by Gasteiger charge is -2.25. The van der Waals surface area contributed by atoms with Gasteiger partial charge in [-0.2, -0.15) is 0 Å². The van der Waals surface area contributed by atoms with Crippen molar-refractivity contribution in [3.8, 4) is 39.5 Å². The van der Waals surface area contributed by atoms with Gasteiger partial charge >= 0.3 is 5.97 Å². The minimum atomic E-state index is -0.970. The summed E-state index contributed by atoms with van der Waals surface area (Å²) < 4.78 is 7.81. The SMILES string of the molecule is COc1ccc(-c2cccc([N+](=O)[O-])c2)c(-c2ccc3cc(-c4nc5cc(C(=O)O)ccc5n4C4CCCCC4)ccc3n2)c1. The highest BCUT2D eigenvalue weighted by molar-refractivity contribution is 5.94. The summed E-state index contributed by atoms with van der Waals surface area (Å²) in [6, 6.07) is 27.7. The number of benzene rings is 4. The number of carboxylic acid groups (broad SMARTS) is 1. The van der Waals surface area contributed by atoms with Crippen molar-refractivity contribution in [3.05, 3.63) is 107 Å². The molecule has 224 valence electrons. The standard InChI is InChI=1S/C36H30N4O5/c1-45-28-13-14-29(22-6-5-9-27(19-22)40(43)44)30(21-28)32-16-10-23-18-24(11-15-31(23)37-32)35-38-33-20-25(36(41)42)12-17-34(33)39(35)26-7-3-2-4-8-26/h5-6,9-21,26H,2-4,7-8H2,1H3,(H,41,42). The number of fused-ring (bicyclic) bond motifs is 2. The molecule has 1 aliphatic carbocycles. The van der Waals surface area contributed by atoms with E-state index in [2.05, 4.69) is 10.6 Å². The molecule has 0 atom stereocenters. The van der Waals surface area contributed by atoms with Crippen molar-refractivity contribution < 1.29 is 19.6 Å². The molecule has 2 heterocycles. The van der Waals surface area contributed by atoms with Crippen molar-refractivity contribution in [3.63, 3.8) is 0 Å². The van der Waals surface area contributed by atoms with Crippen molar-refractivity contribution >= 4 is 33.6 Å². The topological polar surface area (TPSA) is 120 Å². The average molecular weight is 599 g/mol. The van der Waals surface area contributed by atoms with Gasteiger partial charge in [-0.25, -0.2) is 14.8 Å². The van der Waals surface area contributed by atoms with Gasteiger partial charge < -0.3 is 14.4 Å². The number of carboxylic acids is 1. The summed E-state index contributed by atoms with van der Waals surface area (Å²) >= 11 is 0. The summed E-state index contributed by atoms with van der Waals surface area (Å²) in [6.07, 6.45) is 5.66. The van der Waals surface area contributed by atoms with Gasteiger partial charge in [0.25, 0.3) is 5.69 Å². The largest absolute Gasteiger partial charge is 0.497 e. The number of aromatic nitrogens is 3. The van der Waals surface area contributed by atoms with E-state index in [4.69, 9.17) is 14.7 Å². The molecule has 0 aliphatic heterocycles. The molecule has 1 fully saturated rings. The van der Waals surface area contributed by atoms with E-state index in [0.717, 1.165) is 64.6 Å². The fourth-order valence-electron chi connectivity index (χ4n) is 6.46. The highest BCUT2D eigenvalue weighted by atomic mass is 16.6. The van der Waals surface area contributed by atoms with Gasteiger partial charge in [0.2, 0.25) is 0 Å². The zero-order chi connectivity index (χ0) is 31.1. The van der Waals surface area contributed by atoms with Crippen LogP contribution in [-0.4, -0.2) is 37.6 Å². The number of imidazole rings is 1. The van der Waals surface area contributed by atoms with Crippen LogP contribution in [0.5, 0.6) is 5.75 Å². The Morgan fingerprint density at radius 2 is 1.71 bits per heavy atom. The third-order valence-electron chi connectivity index (χ3n) is 8.69. The molecule has 0 spiro atoms. The highest BCUT2D eigenvalue weighted by Crippen LogP contribution is 2.39. The monoisotopic (exact) mass is 598 g/mol. The Labute approximate surface area is 258 Å². The zero-order valence-electron chi connectivity index (χ0n) is 24.6. The van der Waals surface area contributed by atoms with E-state index in [1.54, 1.807) is 31.4 Å². The number of methoxy groups -OCH3 is 1. The molecule has 6 aromatic rings. The molecule has 9 heteroatoms. The Morgan fingerprint density at radius 3 is 2.49 bits per heavy atom. The van der Waals surface area contributed by atoms with Crippen LogP contribution in [0, 0.1) is 10.1 Å². The first-order valence-corrected chi connectivity index (χ1v) is 15.0. The lowest BCUT2D eigenvalue weighted by atomic mass is 9.94. The molecule has 1 saturated carbocycles. The van der Waals surface area contributed by atoms with Crippen LogP contribution >= 0.6 is 0 Å². The number of pyridine rings is 1. The van der Waals surface area contributed by atoms with Crippen molar-refractivity contribution in [2.45, 2.75) is 38.1 Å². The molecular formula is C36H30N4O5. The fourth-order valence-corrected chi connectivity index (χ4v) is 6.46. The Hall–Kier alpha value is -5.57. The van der Waals surface area contributed by atoms with Crippen LogP contribution in [0.1, 0.15) is 48.5 Å². The minimum absolute atomic E-state index is 0.0201. The van der Waals surface area contributed by atoms with Crippen LogP contribution < -0.4 is 4.74 Å². The van der Waals surface area contributed by atoms with Gasteiger partial charge in [0, 0.05) is 34.7 Å². The number of hydrogen-bond acceptors (Lipinski definition) is 6. The molecule has 7 rings (SSSR count). The highest BCUT2D eigenvalue weighted by Gasteiger charge is 2.23. The predicted molar refractivity (Wildman–Crippen MR) is 174 cm³/mol. The fraction of sp³-hybridized carbons (Fsp3) is 0.194. The van der Waals surface area contributed by atoms with E-state index in [1.807, 2.05) is 54.6 Å². The van der Waals surface area contributed by atoms with Gasteiger partial charge in [-0.3, -0.25) is 10.1 Å². The summed E-state index contributed by atoms with van der Waals surface area (Å²) in [7, 11) is 1.60. The first-order valence-electron chi connectivity index (χ1n) is 15.0. The molecule has 9 nitrogen and oxygen atoms in total. The Balaban J connectivity index is 1.33. The lowest BCUT2D eigenvalue weighted by Crippen LogP contribution is -2.14. The van der Waals surface area contributed by atoms with Crippen LogP contribution in [0.2, 0.25) is 0 Å². The first-order chi connectivity index (χ1) is 21.9. The Kier molecular flexibility index (Phi) is 7.21. The van der Waals surface area contributed by atoms with Gasteiger partial charge in [0.05, 0.1) is 39.8 Å². The van der Waals surface area contributed by atoms with Crippen molar-refractivity contribution in [2.75, 3.05) is 7.11 Å². The van der Waals surface area contributed by atoms with Crippen LogP contribution in [-0.2, 0) is 0 Å². The maximum Gasteiger partial charge on any atom is 0.335 e. The maximum absolute atomic E-state index is 11.7. The van der Waals surface area contributed by atoms with Gasteiger partial charge in [-0.05, 0) is 78.6 Å². The van der Waals surface area contributed by atoms with Crippen LogP contribution in [0.3, 0.4) is 0 Å². The summed E-state index contributed by atoms with van der Waals surface area (Å²) in [5.41, 5.74) is 6.63. The van der Waals surface area contributed by atoms with E-state index in [0.29, 0.717) is 28.6 Å². The zero-order valence-corrected chi connectivity index (χ0v) is 24.6. The second-order valence-electron chi connectivity index (χ2n) is 11.4. The lowest BCUT2D eigenvalue weighted by molar-refractivity contribution is -0.384. The minimum Gasteiger partial charge on any atom is -0.497 e. The smallest absolute Gasteiger partial charge is 0.335 e. The first kappa shape index (κ1) is 28.2. The molecular weight excluding hydrogens is 568 g/mol. The molecule has 1 aliphatic rings. The molecule has 0 saturated heterocycles. The van der Waals surface area contributed by atoms with Gasteiger partial charge in [-0.1, -0.05) is 43.5 Å². The van der Waals surface area contributed by atoms with Crippen LogP contribution in [0.4, 0.5) is 5.69 Å². The van der Waals surface area contributed by atoms with E-state index in [-0.39, 0.29) is 11.3 Å². The average Bonchev–Trinajstić information content (AvgIpc) is 3.47. The Bertz CT molecular complexity index is 2110. The van der Waals surface area contributed by atoms with Crippen molar-refractivity contribution in [1.29, 1.82) is 0 Å². The van der Waals surface area contributed by atoms with E-state index < -0.39 is 10.9 Å². The second kappa shape index (κ2) is 11.5. The van der Waals surface area contributed by atoms with E-state index in [9.17, 15) is 20.0 Å². The summed E-state index contributed by atoms with van der Waals surface area (Å²) in [4.78, 5) is 32.7. The summed E-state index contributed by atoms with van der Waals surface area (Å²) in [5.74, 6) is 0.512. The summed E-state index contributed by atoms with van der Waals surface area (Å²) in [6.45, 7) is 0. The van der Waals surface area contributed by atoms with Gasteiger partial charge in [0.1, 0.15) is 11.6 Å². The number of nitro benzene ring substituents is 1. The number of ether oxygens (including phenoxy) is 1. The van der Waals surface area contributed by atoms with Gasteiger partial charge in [-0.15, -0.1) is 0 Å². The number of carbonyl (C=O) groups is 1. The molecule has 0 radical (unpaired) electrons. The number of hydrogen-bond donors (Lipinski definition) is 1. The van der Waals surface area contributed by atoms with Crippen LogP contribution in [0.25, 0.3) is 55.7 Å². The molecule has 4 aromatic carbocycles. The number of non-ortho nitro benzene ring substituents is 1. The number of aromatic carboxylic acids is 1. The van der Waals surface area contributed by atoms with Crippen molar-refractivity contribution in [2.24, 2.45) is 0 Å². The third kappa shape index (κ3) is 5.26. The molecule has 0 amide bonds. The number of nitro groups is 1. The van der Waals surface area contributed by atoms with E-state index >= 15 is 0 Å². The summed E-state index contributed by atoms with van der Waals surface area (Å²) in [5, 5.41) is 22.0. The predicted octanol–water partition coefficient (Wildman–Crippen LogP) is 8.71. The molecule has 45 heavy (non-hydrogen) atoms. The van der Waals surface area contributed by atoms with Gasteiger partial charge in [0.15, 0.2) is 0 Å².